The lowest BCUT2D eigenvalue weighted by Crippen LogP contribution is -1.78. The number of nitrogens with zero attached hydrogens (tertiary/aromatic N) is 2. The standard InChI is InChI=1S/C10H5ClN2S/c11-8-3-4-9-7(2-1-5-12-9)10(8)13-6-14/h1-5H. The molecule has 0 fully saturated rings. The molecule has 0 saturated carbocycles. The maximum absolute atomic E-state index is 5.97. The van der Waals surface area contributed by atoms with Crippen LogP contribution in [0.1, 0.15) is 0 Å². The van der Waals surface area contributed by atoms with Crippen molar-refractivity contribution < 1.29 is 0 Å². The predicted molar refractivity (Wildman–Crippen MR) is 61.4 cm³/mol. The third-order valence-electron chi connectivity index (χ3n) is 1.86. The van der Waals surface area contributed by atoms with E-state index in [9.17, 15) is 0 Å². The lowest BCUT2D eigenvalue weighted by atomic mass is 10.2. The van der Waals surface area contributed by atoms with Gasteiger partial charge < -0.3 is 0 Å². The van der Waals surface area contributed by atoms with Crippen LogP contribution in [0.5, 0.6) is 0 Å². The van der Waals surface area contributed by atoms with Crippen LogP contribution in [0, 0.1) is 0 Å². The summed E-state index contributed by atoms with van der Waals surface area (Å²) >= 11 is 10.5. The van der Waals surface area contributed by atoms with Crippen LogP contribution in [0.4, 0.5) is 5.69 Å². The Bertz CT molecular complexity index is 533. The summed E-state index contributed by atoms with van der Waals surface area (Å²) in [5.41, 5.74) is 1.48. The van der Waals surface area contributed by atoms with Crippen LogP contribution >= 0.6 is 23.8 Å². The highest BCUT2D eigenvalue weighted by Gasteiger charge is 2.04. The van der Waals surface area contributed by atoms with Crippen molar-refractivity contribution >= 4 is 45.6 Å². The Labute approximate surface area is 91.3 Å². The van der Waals surface area contributed by atoms with Gasteiger partial charge in [-0.05, 0) is 36.5 Å². The molecule has 2 aromatic rings. The van der Waals surface area contributed by atoms with Crippen molar-refractivity contribution in [2.75, 3.05) is 0 Å². The fourth-order valence-electron chi connectivity index (χ4n) is 1.27. The van der Waals surface area contributed by atoms with Crippen molar-refractivity contribution in [2.45, 2.75) is 0 Å². The van der Waals surface area contributed by atoms with Gasteiger partial charge in [0.25, 0.3) is 0 Å². The summed E-state index contributed by atoms with van der Waals surface area (Å²) in [4.78, 5) is 8.11. The first-order valence-corrected chi connectivity index (χ1v) is 4.72. The lowest BCUT2D eigenvalue weighted by Gasteiger charge is -2.01. The number of aromatic nitrogens is 1. The number of hydrogen-bond acceptors (Lipinski definition) is 3. The fraction of sp³-hybridized carbons (Fsp3) is 0. The van der Waals surface area contributed by atoms with Gasteiger partial charge >= 0.3 is 0 Å². The van der Waals surface area contributed by atoms with Crippen LogP contribution in [0.2, 0.25) is 5.02 Å². The molecule has 4 heteroatoms. The van der Waals surface area contributed by atoms with E-state index in [2.05, 4.69) is 27.4 Å². The molecule has 0 amide bonds. The molecule has 1 heterocycles. The SMILES string of the molecule is S=C=Nc1c(Cl)ccc2ncccc12. The normalized spacial score (nSPS) is 9.79. The van der Waals surface area contributed by atoms with Crippen molar-refractivity contribution in [2.24, 2.45) is 4.99 Å². The van der Waals surface area contributed by atoms with E-state index in [0.29, 0.717) is 10.7 Å². The zero-order chi connectivity index (χ0) is 9.97. The Balaban J connectivity index is 2.89. The second kappa shape index (κ2) is 3.84. The molecule has 0 spiro atoms. The smallest absolute Gasteiger partial charge is 0.102 e. The average Bonchev–Trinajstić information content (AvgIpc) is 2.23. The number of aliphatic imine (C=N–C) groups is 1. The maximum Gasteiger partial charge on any atom is 0.102 e. The molecule has 1 aromatic heterocycles. The van der Waals surface area contributed by atoms with E-state index in [-0.39, 0.29) is 0 Å². The summed E-state index contributed by atoms with van der Waals surface area (Å²) < 4.78 is 0. The van der Waals surface area contributed by atoms with Gasteiger partial charge in [-0.3, -0.25) is 4.98 Å². The zero-order valence-corrected chi connectivity index (χ0v) is 8.64. The third-order valence-corrected chi connectivity index (χ3v) is 2.26. The number of thiocarbonyl (C=S) groups is 1. The van der Waals surface area contributed by atoms with E-state index in [1.54, 1.807) is 12.3 Å². The van der Waals surface area contributed by atoms with Crippen LogP contribution in [0.3, 0.4) is 0 Å². The van der Waals surface area contributed by atoms with Crippen LogP contribution in [-0.4, -0.2) is 10.1 Å². The Morgan fingerprint density at radius 1 is 1.36 bits per heavy atom. The Hall–Kier alpha value is -1.28. The Kier molecular flexibility index (Phi) is 2.55. The summed E-state index contributed by atoms with van der Waals surface area (Å²) in [6.45, 7) is 0. The topological polar surface area (TPSA) is 25.2 Å². The summed E-state index contributed by atoms with van der Waals surface area (Å²) in [7, 11) is 0. The van der Waals surface area contributed by atoms with Crippen LogP contribution in [0.25, 0.3) is 10.9 Å². The molecule has 0 aliphatic rings. The Morgan fingerprint density at radius 2 is 2.21 bits per heavy atom. The molecule has 0 aliphatic carbocycles. The van der Waals surface area contributed by atoms with Gasteiger partial charge in [-0.25, -0.2) is 0 Å². The summed E-state index contributed by atoms with van der Waals surface area (Å²) in [6.07, 6.45) is 1.72. The molecular weight excluding hydrogens is 216 g/mol. The molecule has 14 heavy (non-hydrogen) atoms. The number of isothiocyanates is 1. The van der Waals surface area contributed by atoms with Crippen LogP contribution in [0.15, 0.2) is 35.5 Å². The predicted octanol–water partition coefficient (Wildman–Crippen LogP) is 3.62. The van der Waals surface area contributed by atoms with Gasteiger partial charge in [0.05, 0.1) is 15.7 Å². The first-order chi connectivity index (χ1) is 6.83. The summed E-state index contributed by atoms with van der Waals surface area (Å²) in [5.74, 6) is 0. The van der Waals surface area contributed by atoms with Crippen molar-refractivity contribution in [1.29, 1.82) is 0 Å². The second-order valence-corrected chi connectivity index (χ2v) is 3.26. The molecule has 0 radical (unpaired) electrons. The van der Waals surface area contributed by atoms with Gasteiger partial charge in [0.15, 0.2) is 0 Å². The van der Waals surface area contributed by atoms with Crippen molar-refractivity contribution in [1.82, 2.24) is 4.98 Å². The van der Waals surface area contributed by atoms with E-state index in [1.807, 2.05) is 18.2 Å². The van der Waals surface area contributed by atoms with E-state index < -0.39 is 0 Å². The molecule has 68 valence electrons. The van der Waals surface area contributed by atoms with E-state index in [1.165, 1.54) is 0 Å². The highest BCUT2D eigenvalue weighted by Crippen LogP contribution is 2.32. The maximum atomic E-state index is 5.97. The minimum Gasteiger partial charge on any atom is -0.256 e. The zero-order valence-electron chi connectivity index (χ0n) is 7.07. The number of halogens is 1. The van der Waals surface area contributed by atoms with E-state index >= 15 is 0 Å². The first-order valence-electron chi connectivity index (χ1n) is 3.94. The summed E-state index contributed by atoms with van der Waals surface area (Å²) in [6, 6.07) is 7.34. The minimum absolute atomic E-state index is 0.558. The summed E-state index contributed by atoms with van der Waals surface area (Å²) in [5, 5.41) is 3.76. The van der Waals surface area contributed by atoms with Gasteiger partial charge in [-0.1, -0.05) is 11.6 Å². The van der Waals surface area contributed by atoms with Gasteiger partial charge in [-0.15, -0.1) is 0 Å². The molecule has 0 saturated heterocycles. The number of hydrogen-bond donors (Lipinski definition) is 0. The number of fused-ring (bicyclic) bond motifs is 1. The molecular formula is C10H5ClN2S. The van der Waals surface area contributed by atoms with Crippen molar-refractivity contribution in [3.8, 4) is 0 Å². The van der Waals surface area contributed by atoms with Gasteiger partial charge in [0, 0.05) is 11.6 Å². The molecule has 0 unspecified atom stereocenters. The number of pyridine rings is 1. The monoisotopic (exact) mass is 220 g/mol. The number of rotatable bonds is 1. The second-order valence-electron chi connectivity index (χ2n) is 2.67. The van der Waals surface area contributed by atoms with E-state index in [0.717, 1.165) is 10.9 Å². The highest BCUT2D eigenvalue weighted by molar-refractivity contribution is 7.78. The Morgan fingerprint density at radius 3 is 3.00 bits per heavy atom. The molecule has 0 N–H and O–H groups in total. The molecule has 2 nitrogen and oxygen atoms in total. The third kappa shape index (κ3) is 1.53. The minimum atomic E-state index is 0.558. The molecule has 1 aromatic carbocycles. The first kappa shape index (κ1) is 9.28. The average molecular weight is 221 g/mol. The van der Waals surface area contributed by atoms with Crippen molar-refractivity contribution in [3.05, 3.63) is 35.5 Å². The van der Waals surface area contributed by atoms with Gasteiger partial charge in [0.2, 0.25) is 0 Å². The van der Waals surface area contributed by atoms with Gasteiger partial charge in [-0.2, -0.15) is 4.99 Å². The highest BCUT2D eigenvalue weighted by atomic mass is 35.5. The molecule has 0 atom stereocenters. The van der Waals surface area contributed by atoms with Gasteiger partial charge in [0.1, 0.15) is 5.69 Å². The van der Waals surface area contributed by atoms with Crippen molar-refractivity contribution in [3.63, 3.8) is 0 Å². The molecule has 0 aliphatic heterocycles. The molecule has 0 bridgehead atoms. The fourth-order valence-corrected chi connectivity index (χ4v) is 1.57. The van der Waals surface area contributed by atoms with Crippen LogP contribution in [-0.2, 0) is 0 Å². The quantitative estimate of drug-likeness (QED) is 0.542. The number of benzene rings is 1. The largest absolute Gasteiger partial charge is 0.256 e. The van der Waals surface area contributed by atoms with E-state index in [4.69, 9.17) is 11.6 Å². The lowest BCUT2D eigenvalue weighted by molar-refractivity contribution is 1.41. The molecule has 2 rings (SSSR count). The van der Waals surface area contributed by atoms with Crippen LogP contribution < -0.4 is 0 Å².